The van der Waals surface area contributed by atoms with Crippen LogP contribution in [-0.4, -0.2) is 36.4 Å². The van der Waals surface area contributed by atoms with Gasteiger partial charge in [0.2, 0.25) is 0 Å². The molecule has 0 aliphatic heterocycles. The molecule has 1 aromatic carbocycles. The molecule has 18 heavy (non-hydrogen) atoms. The molecular formula is C12H18N2O4. The lowest BCUT2D eigenvalue weighted by atomic mass is 10.1. The molecule has 0 fully saturated rings. The molecule has 0 aliphatic carbocycles. The molecule has 1 rings (SSSR count). The Balaban J connectivity index is 2.84. The number of hydrogen-bond donors (Lipinski definition) is 2. The first-order valence-corrected chi connectivity index (χ1v) is 5.69. The molecule has 2 N–H and O–H groups in total. The van der Waals surface area contributed by atoms with E-state index in [2.05, 4.69) is 5.32 Å². The minimum Gasteiger partial charge on any atom is -0.396 e. The van der Waals surface area contributed by atoms with Gasteiger partial charge in [-0.05, 0) is 25.0 Å². The van der Waals surface area contributed by atoms with Crippen LogP contribution in [0.4, 0.5) is 11.4 Å². The molecule has 0 aliphatic rings. The molecule has 0 spiro atoms. The number of aryl methyl sites for hydroxylation is 1. The molecule has 6 nitrogen and oxygen atoms in total. The predicted octanol–water partition coefficient (Wildman–Crippen LogP) is 1.71. The largest absolute Gasteiger partial charge is 0.396 e. The van der Waals surface area contributed by atoms with Crippen LogP contribution >= 0.6 is 0 Å². The minimum atomic E-state index is -0.421. The third-order valence-electron chi connectivity index (χ3n) is 2.49. The van der Waals surface area contributed by atoms with Gasteiger partial charge in [0.15, 0.2) is 0 Å². The van der Waals surface area contributed by atoms with Crippen LogP contribution in [0, 0.1) is 17.0 Å². The van der Waals surface area contributed by atoms with Gasteiger partial charge < -0.3 is 15.2 Å². The van der Waals surface area contributed by atoms with E-state index >= 15 is 0 Å². The lowest BCUT2D eigenvalue weighted by molar-refractivity contribution is -0.384. The average molecular weight is 254 g/mol. The number of aliphatic hydroxyl groups is 1. The van der Waals surface area contributed by atoms with Crippen molar-refractivity contribution in [1.82, 2.24) is 0 Å². The number of nitrogens with one attached hydrogen (secondary N) is 1. The topological polar surface area (TPSA) is 84.6 Å². The summed E-state index contributed by atoms with van der Waals surface area (Å²) in [6, 6.07) is 4.75. The van der Waals surface area contributed by atoms with Crippen molar-refractivity contribution in [3.63, 3.8) is 0 Å². The van der Waals surface area contributed by atoms with Gasteiger partial charge in [0.1, 0.15) is 0 Å². The van der Waals surface area contributed by atoms with Gasteiger partial charge in [-0.2, -0.15) is 0 Å². The summed E-state index contributed by atoms with van der Waals surface area (Å²) in [7, 11) is 1.57. The van der Waals surface area contributed by atoms with Crippen molar-refractivity contribution in [3.8, 4) is 0 Å². The highest BCUT2D eigenvalue weighted by Gasteiger charge is 2.12. The molecule has 100 valence electrons. The van der Waals surface area contributed by atoms with Crippen molar-refractivity contribution in [2.75, 3.05) is 25.6 Å². The number of benzene rings is 1. The maximum absolute atomic E-state index is 10.8. The zero-order valence-electron chi connectivity index (χ0n) is 10.5. The van der Waals surface area contributed by atoms with E-state index in [1.807, 2.05) is 6.07 Å². The molecule has 1 unspecified atom stereocenters. The number of rotatable bonds is 7. The Kier molecular flexibility index (Phi) is 5.54. The van der Waals surface area contributed by atoms with Crippen LogP contribution in [0.3, 0.4) is 0 Å². The molecule has 0 amide bonds. The van der Waals surface area contributed by atoms with E-state index in [0.717, 1.165) is 5.56 Å². The van der Waals surface area contributed by atoms with E-state index < -0.39 is 4.92 Å². The number of methoxy groups -OCH3 is 1. The maximum Gasteiger partial charge on any atom is 0.271 e. The van der Waals surface area contributed by atoms with Gasteiger partial charge in [-0.25, -0.2) is 0 Å². The summed E-state index contributed by atoms with van der Waals surface area (Å²) < 4.78 is 5.03. The molecular weight excluding hydrogens is 236 g/mol. The van der Waals surface area contributed by atoms with E-state index in [1.165, 1.54) is 12.1 Å². The summed E-state index contributed by atoms with van der Waals surface area (Å²) >= 11 is 0. The maximum atomic E-state index is 10.8. The Morgan fingerprint density at radius 1 is 1.50 bits per heavy atom. The highest BCUT2D eigenvalue weighted by atomic mass is 16.6. The first-order valence-electron chi connectivity index (χ1n) is 5.69. The Labute approximate surface area is 106 Å². The van der Waals surface area contributed by atoms with Gasteiger partial charge in [0.25, 0.3) is 5.69 Å². The second-order valence-corrected chi connectivity index (χ2v) is 4.12. The van der Waals surface area contributed by atoms with Gasteiger partial charge in [0.05, 0.1) is 17.6 Å². The zero-order valence-corrected chi connectivity index (χ0v) is 10.5. The van der Waals surface area contributed by atoms with E-state index in [4.69, 9.17) is 9.84 Å². The highest BCUT2D eigenvalue weighted by Crippen LogP contribution is 2.21. The quantitative estimate of drug-likeness (QED) is 0.571. The van der Waals surface area contributed by atoms with Crippen LogP contribution in [-0.2, 0) is 4.74 Å². The summed E-state index contributed by atoms with van der Waals surface area (Å²) in [5.74, 6) is 0. The Hall–Kier alpha value is -1.66. The van der Waals surface area contributed by atoms with Crippen LogP contribution in [0.5, 0.6) is 0 Å². The lowest BCUT2D eigenvalue weighted by Gasteiger charge is -2.18. The van der Waals surface area contributed by atoms with E-state index in [0.29, 0.717) is 18.7 Å². The summed E-state index contributed by atoms with van der Waals surface area (Å²) in [5.41, 5.74) is 1.53. The van der Waals surface area contributed by atoms with Crippen LogP contribution in [0.15, 0.2) is 18.2 Å². The number of nitro benzene ring substituents is 1. The average Bonchev–Trinajstić information content (AvgIpc) is 2.28. The van der Waals surface area contributed by atoms with Gasteiger partial charge in [0, 0.05) is 31.5 Å². The smallest absolute Gasteiger partial charge is 0.271 e. The van der Waals surface area contributed by atoms with Gasteiger partial charge >= 0.3 is 0 Å². The fraction of sp³-hybridized carbons (Fsp3) is 0.500. The molecule has 1 aromatic rings. The summed E-state index contributed by atoms with van der Waals surface area (Å²) in [6.07, 6.45) is 0.523. The predicted molar refractivity (Wildman–Crippen MR) is 68.8 cm³/mol. The third kappa shape index (κ3) is 4.31. The van der Waals surface area contributed by atoms with Crippen molar-refractivity contribution >= 4 is 11.4 Å². The second kappa shape index (κ2) is 6.93. The van der Waals surface area contributed by atoms with Crippen LogP contribution in [0.2, 0.25) is 0 Å². The first kappa shape index (κ1) is 14.4. The van der Waals surface area contributed by atoms with Crippen molar-refractivity contribution in [1.29, 1.82) is 0 Å². The molecule has 0 radical (unpaired) electrons. The van der Waals surface area contributed by atoms with Gasteiger partial charge in [-0.3, -0.25) is 10.1 Å². The number of non-ortho nitro benzene ring substituents is 1. The number of anilines is 1. The van der Waals surface area contributed by atoms with Crippen molar-refractivity contribution < 1.29 is 14.8 Å². The standard InChI is InChI=1S/C12H18N2O4/c1-9-5-11(7-12(6-9)14(16)17)13-10(3-4-15)8-18-2/h5-7,10,13,15H,3-4,8H2,1-2H3. The summed E-state index contributed by atoms with van der Waals surface area (Å²) in [6.45, 7) is 2.27. The normalized spacial score (nSPS) is 12.2. The Morgan fingerprint density at radius 2 is 2.22 bits per heavy atom. The van der Waals surface area contributed by atoms with E-state index in [-0.39, 0.29) is 18.3 Å². The van der Waals surface area contributed by atoms with E-state index in [1.54, 1.807) is 14.0 Å². The number of nitrogens with zero attached hydrogens (tertiary/aromatic N) is 1. The zero-order chi connectivity index (χ0) is 13.5. The highest BCUT2D eigenvalue weighted by molar-refractivity contribution is 5.54. The number of ether oxygens (including phenoxy) is 1. The van der Waals surface area contributed by atoms with Gasteiger partial charge in [-0.15, -0.1) is 0 Å². The van der Waals surface area contributed by atoms with Crippen LogP contribution in [0.25, 0.3) is 0 Å². The number of aliphatic hydroxyl groups excluding tert-OH is 1. The fourth-order valence-electron chi connectivity index (χ4n) is 1.74. The Bertz CT molecular complexity index is 403. The van der Waals surface area contributed by atoms with Crippen molar-refractivity contribution in [2.45, 2.75) is 19.4 Å². The monoisotopic (exact) mass is 254 g/mol. The first-order chi connectivity index (χ1) is 8.56. The molecule has 0 heterocycles. The molecule has 0 saturated carbocycles. The third-order valence-corrected chi connectivity index (χ3v) is 2.49. The molecule has 0 bridgehead atoms. The second-order valence-electron chi connectivity index (χ2n) is 4.12. The molecule has 0 saturated heterocycles. The number of hydrogen-bond acceptors (Lipinski definition) is 5. The van der Waals surface area contributed by atoms with Crippen molar-refractivity contribution in [2.24, 2.45) is 0 Å². The SMILES string of the molecule is COCC(CCO)Nc1cc(C)cc([N+](=O)[O-])c1. The fourth-order valence-corrected chi connectivity index (χ4v) is 1.74. The molecule has 1 atom stereocenters. The minimum absolute atomic E-state index is 0.0366. The summed E-state index contributed by atoms with van der Waals surface area (Å²) in [5, 5.41) is 22.8. The van der Waals surface area contributed by atoms with Crippen LogP contribution < -0.4 is 5.32 Å². The van der Waals surface area contributed by atoms with Crippen LogP contribution in [0.1, 0.15) is 12.0 Å². The summed E-state index contributed by atoms with van der Waals surface area (Å²) in [4.78, 5) is 10.3. The number of nitro groups is 1. The van der Waals surface area contributed by atoms with Crippen molar-refractivity contribution in [3.05, 3.63) is 33.9 Å². The molecule has 0 aromatic heterocycles. The van der Waals surface area contributed by atoms with Gasteiger partial charge in [-0.1, -0.05) is 0 Å². The van der Waals surface area contributed by atoms with E-state index in [9.17, 15) is 10.1 Å². The molecule has 6 heteroatoms. The Morgan fingerprint density at radius 3 is 2.78 bits per heavy atom. The lowest BCUT2D eigenvalue weighted by Crippen LogP contribution is -2.26.